The summed E-state index contributed by atoms with van der Waals surface area (Å²) < 4.78 is 28.5. The standard InChI is InChI=1S/C12H12BrCl2NO4S/c1-6-10(2-3-20-6)16-12(17)7-4-11(21(15,18)19)8(13)5-9(7)14/h4-6,10H,2-3H2,1H3,(H,16,17). The maximum atomic E-state index is 12.3. The molecular formula is C12H12BrCl2NO4S. The maximum absolute atomic E-state index is 12.3. The van der Waals surface area contributed by atoms with E-state index in [9.17, 15) is 13.2 Å². The minimum atomic E-state index is -3.98. The molecule has 1 heterocycles. The summed E-state index contributed by atoms with van der Waals surface area (Å²) in [4.78, 5) is 12.1. The van der Waals surface area contributed by atoms with E-state index in [1.807, 2.05) is 6.92 Å². The van der Waals surface area contributed by atoms with Gasteiger partial charge in [-0.05, 0) is 41.4 Å². The van der Waals surface area contributed by atoms with E-state index >= 15 is 0 Å². The largest absolute Gasteiger partial charge is 0.376 e. The van der Waals surface area contributed by atoms with Crippen molar-refractivity contribution < 1.29 is 17.9 Å². The van der Waals surface area contributed by atoms with Crippen molar-refractivity contribution in [2.45, 2.75) is 30.4 Å². The van der Waals surface area contributed by atoms with Crippen LogP contribution < -0.4 is 5.32 Å². The summed E-state index contributed by atoms with van der Waals surface area (Å²) in [5.74, 6) is -0.462. The maximum Gasteiger partial charge on any atom is 0.262 e. The number of amides is 1. The fraction of sp³-hybridized carbons (Fsp3) is 0.417. The molecule has 0 spiro atoms. The Labute approximate surface area is 140 Å². The van der Waals surface area contributed by atoms with Crippen molar-refractivity contribution in [3.8, 4) is 0 Å². The highest BCUT2D eigenvalue weighted by molar-refractivity contribution is 9.10. The van der Waals surface area contributed by atoms with Crippen molar-refractivity contribution in [2.75, 3.05) is 6.61 Å². The quantitative estimate of drug-likeness (QED) is 0.768. The molecule has 1 aliphatic rings. The molecule has 1 saturated heterocycles. The van der Waals surface area contributed by atoms with Crippen molar-refractivity contribution in [3.63, 3.8) is 0 Å². The van der Waals surface area contributed by atoms with Gasteiger partial charge in [0.25, 0.3) is 15.0 Å². The first kappa shape index (κ1) is 17.0. The van der Waals surface area contributed by atoms with Gasteiger partial charge in [-0.25, -0.2) is 8.42 Å². The van der Waals surface area contributed by atoms with Crippen LogP contribution in [0.15, 0.2) is 21.5 Å². The summed E-state index contributed by atoms with van der Waals surface area (Å²) >= 11 is 9.07. The van der Waals surface area contributed by atoms with Crippen LogP contribution in [0.25, 0.3) is 0 Å². The molecular weight excluding hydrogens is 405 g/mol. The second kappa shape index (κ2) is 6.42. The van der Waals surface area contributed by atoms with Crippen LogP contribution in [0, 0.1) is 0 Å². The molecule has 1 aromatic carbocycles. The Hall–Kier alpha value is -0.340. The molecule has 2 rings (SSSR count). The molecule has 0 bridgehead atoms. The first-order chi connectivity index (χ1) is 9.70. The molecule has 0 aromatic heterocycles. The molecule has 2 unspecified atom stereocenters. The second-order valence-electron chi connectivity index (χ2n) is 4.64. The van der Waals surface area contributed by atoms with Gasteiger partial charge in [0.2, 0.25) is 0 Å². The number of ether oxygens (including phenoxy) is 1. The lowest BCUT2D eigenvalue weighted by atomic mass is 10.1. The SMILES string of the molecule is CC1OCCC1NC(=O)c1cc(S(=O)(=O)Cl)c(Br)cc1Cl. The monoisotopic (exact) mass is 415 g/mol. The van der Waals surface area contributed by atoms with Gasteiger partial charge in [-0.1, -0.05) is 11.6 Å². The molecule has 1 fully saturated rings. The van der Waals surface area contributed by atoms with Crippen LogP contribution in [0.1, 0.15) is 23.7 Å². The molecule has 116 valence electrons. The van der Waals surface area contributed by atoms with Crippen molar-refractivity contribution >= 4 is 53.2 Å². The van der Waals surface area contributed by atoms with Crippen molar-refractivity contribution in [1.29, 1.82) is 0 Å². The molecule has 0 radical (unpaired) electrons. The summed E-state index contributed by atoms with van der Waals surface area (Å²) in [6.45, 7) is 2.43. The molecule has 9 heteroatoms. The Bertz CT molecular complexity index is 680. The third-order valence-electron chi connectivity index (χ3n) is 3.22. The third kappa shape index (κ3) is 3.90. The van der Waals surface area contributed by atoms with E-state index in [4.69, 9.17) is 27.0 Å². The Balaban J connectivity index is 2.33. The van der Waals surface area contributed by atoms with Crippen LogP contribution in [0.4, 0.5) is 0 Å². The van der Waals surface area contributed by atoms with Crippen LogP contribution >= 0.6 is 38.2 Å². The molecule has 21 heavy (non-hydrogen) atoms. The van der Waals surface area contributed by atoms with Crippen LogP contribution in [-0.4, -0.2) is 33.1 Å². The lowest BCUT2D eigenvalue weighted by Crippen LogP contribution is -2.39. The predicted octanol–water partition coefficient (Wildman–Crippen LogP) is 2.94. The normalized spacial score (nSPS) is 22.3. The Morgan fingerprint density at radius 2 is 2.14 bits per heavy atom. The molecule has 1 aliphatic heterocycles. The minimum absolute atomic E-state index is 0.0539. The highest BCUT2D eigenvalue weighted by atomic mass is 79.9. The van der Waals surface area contributed by atoms with Gasteiger partial charge in [0.15, 0.2) is 0 Å². The van der Waals surface area contributed by atoms with Crippen molar-refractivity contribution in [3.05, 3.63) is 27.2 Å². The first-order valence-electron chi connectivity index (χ1n) is 6.06. The van der Waals surface area contributed by atoms with E-state index in [1.54, 1.807) is 0 Å². The summed E-state index contributed by atoms with van der Waals surface area (Å²) in [6, 6.07) is 2.36. The number of hydrogen-bond acceptors (Lipinski definition) is 4. The zero-order valence-corrected chi connectivity index (χ0v) is 14.8. The Morgan fingerprint density at radius 3 is 2.67 bits per heavy atom. The molecule has 1 amide bonds. The third-order valence-corrected chi connectivity index (χ3v) is 5.81. The number of halogens is 3. The second-order valence-corrected chi connectivity index (χ2v) is 8.44. The fourth-order valence-corrected chi connectivity index (χ4v) is 4.63. The number of hydrogen-bond donors (Lipinski definition) is 1. The molecule has 1 N–H and O–H groups in total. The van der Waals surface area contributed by atoms with E-state index in [1.165, 1.54) is 6.07 Å². The van der Waals surface area contributed by atoms with E-state index < -0.39 is 15.0 Å². The summed E-state index contributed by atoms with van der Waals surface area (Å²) in [7, 11) is 1.35. The van der Waals surface area contributed by atoms with Gasteiger partial charge in [-0.3, -0.25) is 4.79 Å². The fourth-order valence-electron chi connectivity index (χ4n) is 2.06. The van der Waals surface area contributed by atoms with Gasteiger partial charge >= 0.3 is 0 Å². The zero-order valence-electron chi connectivity index (χ0n) is 10.9. The lowest BCUT2D eigenvalue weighted by Gasteiger charge is -2.17. The number of rotatable bonds is 3. The minimum Gasteiger partial charge on any atom is -0.376 e. The smallest absolute Gasteiger partial charge is 0.262 e. The number of carbonyl (C=O) groups is 1. The van der Waals surface area contributed by atoms with E-state index in [0.717, 1.165) is 6.07 Å². The number of benzene rings is 1. The van der Waals surface area contributed by atoms with Gasteiger partial charge in [0.05, 0.1) is 27.6 Å². The Kier molecular flexibility index (Phi) is 5.20. The van der Waals surface area contributed by atoms with Crippen LogP contribution in [-0.2, 0) is 13.8 Å². The summed E-state index contributed by atoms with van der Waals surface area (Å²) in [6.07, 6.45) is 0.598. The first-order valence-corrected chi connectivity index (χ1v) is 9.54. The molecule has 5 nitrogen and oxygen atoms in total. The van der Waals surface area contributed by atoms with E-state index in [0.29, 0.717) is 13.0 Å². The zero-order chi connectivity index (χ0) is 15.8. The molecule has 1 aromatic rings. The molecule has 0 aliphatic carbocycles. The Morgan fingerprint density at radius 1 is 1.48 bits per heavy atom. The van der Waals surface area contributed by atoms with Gasteiger partial charge in [0, 0.05) is 21.8 Å². The van der Waals surface area contributed by atoms with Crippen molar-refractivity contribution in [1.82, 2.24) is 5.32 Å². The van der Waals surface area contributed by atoms with Crippen molar-refractivity contribution in [2.24, 2.45) is 0 Å². The number of nitrogens with one attached hydrogen (secondary N) is 1. The van der Waals surface area contributed by atoms with Gasteiger partial charge in [0.1, 0.15) is 0 Å². The summed E-state index contributed by atoms with van der Waals surface area (Å²) in [5.41, 5.74) is 0.0539. The van der Waals surface area contributed by atoms with E-state index in [2.05, 4.69) is 21.2 Å². The van der Waals surface area contributed by atoms with Crippen LogP contribution in [0.2, 0.25) is 5.02 Å². The predicted molar refractivity (Wildman–Crippen MR) is 83.5 cm³/mol. The highest BCUT2D eigenvalue weighted by Crippen LogP contribution is 2.31. The average Bonchev–Trinajstić information content (AvgIpc) is 2.73. The van der Waals surface area contributed by atoms with E-state index in [-0.39, 0.29) is 32.1 Å². The molecule has 2 atom stereocenters. The number of carbonyl (C=O) groups excluding carboxylic acids is 1. The van der Waals surface area contributed by atoms with Crippen LogP contribution in [0.3, 0.4) is 0 Å². The van der Waals surface area contributed by atoms with Gasteiger partial charge in [-0.2, -0.15) is 0 Å². The molecule has 0 saturated carbocycles. The topological polar surface area (TPSA) is 72.5 Å². The average molecular weight is 417 g/mol. The highest BCUT2D eigenvalue weighted by Gasteiger charge is 2.27. The van der Waals surface area contributed by atoms with Crippen LogP contribution in [0.5, 0.6) is 0 Å². The van der Waals surface area contributed by atoms with Gasteiger partial charge < -0.3 is 10.1 Å². The lowest BCUT2D eigenvalue weighted by molar-refractivity contribution is 0.0866. The summed E-state index contributed by atoms with van der Waals surface area (Å²) in [5, 5.41) is 2.92. The van der Waals surface area contributed by atoms with Gasteiger partial charge in [-0.15, -0.1) is 0 Å².